The van der Waals surface area contributed by atoms with E-state index in [1.807, 2.05) is 32.5 Å². The molecular weight excluding hydrogens is 398 g/mol. The lowest BCUT2D eigenvalue weighted by Gasteiger charge is -2.26. The van der Waals surface area contributed by atoms with Gasteiger partial charge in [-0.3, -0.25) is 19.6 Å². The second-order valence-electron chi connectivity index (χ2n) is 7.84. The summed E-state index contributed by atoms with van der Waals surface area (Å²) in [4.78, 5) is 31.4. The molecule has 0 radical (unpaired) electrons. The van der Waals surface area contributed by atoms with Crippen LogP contribution in [0.5, 0.6) is 0 Å². The van der Waals surface area contributed by atoms with Crippen molar-refractivity contribution in [3.05, 3.63) is 62.7 Å². The van der Waals surface area contributed by atoms with E-state index in [4.69, 9.17) is 0 Å². The number of aromatic nitrogens is 3. The number of aromatic amines is 1. The number of carbonyl (C=O) groups is 1. The van der Waals surface area contributed by atoms with E-state index in [1.54, 1.807) is 4.52 Å². The molecule has 1 aromatic carbocycles. The molecule has 1 aliphatic heterocycles. The molecule has 1 amide bonds. The maximum atomic E-state index is 12.8. The molecule has 0 unspecified atom stereocenters. The summed E-state index contributed by atoms with van der Waals surface area (Å²) in [6.45, 7) is 8.89. The van der Waals surface area contributed by atoms with Crippen LogP contribution < -0.4 is 10.9 Å². The maximum Gasteiger partial charge on any atom is 0.266 e. The first kappa shape index (κ1) is 20.7. The third-order valence-electron chi connectivity index (χ3n) is 5.63. The summed E-state index contributed by atoms with van der Waals surface area (Å²) in [6.07, 6.45) is 0.202. The van der Waals surface area contributed by atoms with Crippen LogP contribution in [0.2, 0.25) is 0 Å². The lowest BCUT2D eigenvalue weighted by molar-refractivity contribution is -0.115. The number of nitrogens with one attached hydrogen (secondary N) is 2. The topological polar surface area (TPSA) is 82.5 Å². The molecule has 2 N–H and O–H groups in total. The highest BCUT2D eigenvalue weighted by molar-refractivity contribution is 7.99. The molecule has 2 aromatic heterocycles. The van der Waals surface area contributed by atoms with Gasteiger partial charge in [-0.25, -0.2) is 9.50 Å². The van der Waals surface area contributed by atoms with E-state index >= 15 is 0 Å². The first-order valence-corrected chi connectivity index (χ1v) is 11.3. The van der Waals surface area contributed by atoms with Gasteiger partial charge in [0.2, 0.25) is 5.91 Å². The number of hydrogen-bond acceptors (Lipinski definition) is 5. The van der Waals surface area contributed by atoms with Crippen molar-refractivity contribution in [2.24, 2.45) is 0 Å². The predicted molar refractivity (Wildman–Crippen MR) is 121 cm³/mol. The monoisotopic (exact) mass is 425 g/mol. The number of H-pyrrole nitrogens is 1. The summed E-state index contributed by atoms with van der Waals surface area (Å²) in [5.41, 5.74) is 5.87. The van der Waals surface area contributed by atoms with Crippen LogP contribution in [0, 0.1) is 20.8 Å². The number of thioether (sulfide) groups is 1. The Hall–Kier alpha value is -2.58. The summed E-state index contributed by atoms with van der Waals surface area (Å²) in [5, 5.41) is 5.81. The molecule has 158 valence electrons. The molecular formula is C22H27N5O2S. The molecule has 1 saturated heterocycles. The van der Waals surface area contributed by atoms with Crippen molar-refractivity contribution in [3.63, 3.8) is 0 Å². The van der Waals surface area contributed by atoms with Crippen molar-refractivity contribution in [3.8, 4) is 0 Å². The van der Waals surface area contributed by atoms with Crippen LogP contribution in [-0.4, -0.2) is 50.0 Å². The summed E-state index contributed by atoms with van der Waals surface area (Å²) >= 11 is 2.00. The van der Waals surface area contributed by atoms with Gasteiger partial charge in [0.15, 0.2) is 5.65 Å². The quantitative estimate of drug-likeness (QED) is 0.657. The number of rotatable bonds is 5. The Balaban J connectivity index is 1.50. The number of carbonyl (C=O) groups excluding carboxylic acids is 1. The Morgan fingerprint density at radius 3 is 2.73 bits per heavy atom. The zero-order valence-corrected chi connectivity index (χ0v) is 18.4. The lowest BCUT2D eigenvalue weighted by atomic mass is 10.1. The van der Waals surface area contributed by atoms with Gasteiger partial charge in [0, 0.05) is 59.8 Å². The van der Waals surface area contributed by atoms with Gasteiger partial charge in [-0.2, -0.15) is 11.8 Å². The molecule has 3 aromatic rings. The third kappa shape index (κ3) is 4.44. The van der Waals surface area contributed by atoms with Gasteiger partial charge in [0.1, 0.15) is 0 Å². The number of hydrogen-bond donors (Lipinski definition) is 2. The Morgan fingerprint density at radius 2 is 1.97 bits per heavy atom. The Bertz CT molecular complexity index is 1140. The number of anilines is 1. The van der Waals surface area contributed by atoms with E-state index in [-0.39, 0.29) is 17.9 Å². The van der Waals surface area contributed by atoms with Gasteiger partial charge in [-0.15, -0.1) is 0 Å². The van der Waals surface area contributed by atoms with Crippen LogP contribution in [0.3, 0.4) is 0 Å². The van der Waals surface area contributed by atoms with E-state index < -0.39 is 0 Å². The first-order chi connectivity index (χ1) is 14.4. The zero-order valence-electron chi connectivity index (χ0n) is 17.6. The SMILES string of the molecule is Cc1ccc(CN2CCSCC2)cc1NC(=O)Cc1c(C)nc2cc(=O)[nH]n2c1C. The Morgan fingerprint density at radius 1 is 1.20 bits per heavy atom. The number of fused-ring (bicyclic) bond motifs is 1. The Kier molecular flexibility index (Phi) is 5.97. The van der Waals surface area contributed by atoms with Crippen LogP contribution in [0.25, 0.3) is 5.65 Å². The van der Waals surface area contributed by atoms with E-state index in [9.17, 15) is 9.59 Å². The molecule has 1 aliphatic rings. The maximum absolute atomic E-state index is 12.8. The molecule has 7 nitrogen and oxygen atoms in total. The first-order valence-electron chi connectivity index (χ1n) is 10.2. The minimum Gasteiger partial charge on any atom is -0.326 e. The molecule has 0 atom stereocenters. The van der Waals surface area contributed by atoms with Crippen molar-refractivity contribution >= 4 is 29.0 Å². The summed E-state index contributed by atoms with van der Waals surface area (Å²) < 4.78 is 1.64. The summed E-state index contributed by atoms with van der Waals surface area (Å²) in [5.74, 6) is 2.27. The fourth-order valence-corrected chi connectivity index (χ4v) is 4.86. The van der Waals surface area contributed by atoms with Crippen LogP contribution in [0.1, 0.15) is 28.1 Å². The van der Waals surface area contributed by atoms with Crippen LogP contribution in [0.15, 0.2) is 29.1 Å². The molecule has 0 bridgehead atoms. The summed E-state index contributed by atoms with van der Waals surface area (Å²) in [6, 6.07) is 7.75. The summed E-state index contributed by atoms with van der Waals surface area (Å²) in [7, 11) is 0. The van der Waals surface area contributed by atoms with Gasteiger partial charge >= 0.3 is 0 Å². The highest BCUT2D eigenvalue weighted by Crippen LogP contribution is 2.21. The van der Waals surface area contributed by atoms with Crippen molar-refractivity contribution in [2.45, 2.75) is 33.7 Å². The van der Waals surface area contributed by atoms with Crippen molar-refractivity contribution in [1.29, 1.82) is 0 Å². The molecule has 30 heavy (non-hydrogen) atoms. The average molecular weight is 426 g/mol. The van der Waals surface area contributed by atoms with Gasteiger partial charge in [0.25, 0.3) is 5.56 Å². The fraction of sp³-hybridized carbons (Fsp3) is 0.409. The fourth-order valence-electron chi connectivity index (χ4n) is 3.89. The molecule has 3 heterocycles. The van der Waals surface area contributed by atoms with Gasteiger partial charge in [-0.05, 0) is 38.0 Å². The van der Waals surface area contributed by atoms with Gasteiger partial charge in [-0.1, -0.05) is 12.1 Å². The number of nitrogens with zero attached hydrogens (tertiary/aromatic N) is 3. The molecule has 8 heteroatoms. The van der Waals surface area contributed by atoms with Crippen molar-refractivity contribution in [2.75, 3.05) is 29.9 Å². The molecule has 0 aliphatic carbocycles. The van der Waals surface area contributed by atoms with E-state index in [2.05, 4.69) is 38.5 Å². The minimum absolute atomic E-state index is 0.0912. The predicted octanol–water partition coefficient (Wildman–Crippen LogP) is 2.68. The molecule has 1 fully saturated rings. The van der Waals surface area contributed by atoms with E-state index in [0.717, 1.165) is 47.8 Å². The van der Waals surface area contributed by atoms with E-state index in [0.29, 0.717) is 5.65 Å². The highest BCUT2D eigenvalue weighted by Gasteiger charge is 2.16. The largest absolute Gasteiger partial charge is 0.326 e. The molecule has 0 saturated carbocycles. The molecule has 0 spiro atoms. The highest BCUT2D eigenvalue weighted by atomic mass is 32.2. The second kappa shape index (κ2) is 8.65. The van der Waals surface area contributed by atoms with Gasteiger partial charge < -0.3 is 5.32 Å². The smallest absolute Gasteiger partial charge is 0.266 e. The third-order valence-corrected chi connectivity index (χ3v) is 6.57. The van der Waals surface area contributed by atoms with E-state index in [1.165, 1.54) is 23.1 Å². The van der Waals surface area contributed by atoms with Crippen LogP contribution >= 0.6 is 11.8 Å². The normalized spacial score (nSPS) is 14.9. The van der Waals surface area contributed by atoms with Crippen LogP contribution in [0.4, 0.5) is 5.69 Å². The number of benzene rings is 1. The lowest BCUT2D eigenvalue weighted by Crippen LogP contribution is -2.32. The number of amides is 1. The zero-order chi connectivity index (χ0) is 21.3. The Labute approximate surface area is 179 Å². The van der Waals surface area contributed by atoms with Crippen molar-refractivity contribution < 1.29 is 4.79 Å². The standard InChI is InChI=1S/C22H27N5O2S/c1-14-4-5-17(13-26-6-8-30-9-7-26)10-19(14)24-21(28)11-18-15(2)23-20-12-22(29)25-27(20)16(18)3/h4-5,10,12H,6-9,11,13H2,1-3H3,(H,24,28)(H,25,29). The van der Waals surface area contributed by atoms with Crippen molar-refractivity contribution in [1.82, 2.24) is 19.5 Å². The minimum atomic E-state index is -0.202. The average Bonchev–Trinajstić information content (AvgIpc) is 3.09. The number of aryl methyl sites for hydroxylation is 3. The van der Waals surface area contributed by atoms with Gasteiger partial charge in [0.05, 0.1) is 6.42 Å². The molecule has 4 rings (SSSR count). The van der Waals surface area contributed by atoms with Crippen LogP contribution in [-0.2, 0) is 17.8 Å². The second-order valence-corrected chi connectivity index (χ2v) is 9.06.